The molecular weight excluding hydrogens is 240 g/mol. The van der Waals surface area contributed by atoms with E-state index in [1.54, 1.807) is 12.0 Å². The topological polar surface area (TPSA) is 41.6 Å². The predicted octanol–water partition coefficient (Wildman–Crippen LogP) is 1.83. The molecule has 1 heterocycles. The zero-order chi connectivity index (χ0) is 13.8. The van der Waals surface area contributed by atoms with Crippen molar-refractivity contribution in [1.29, 1.82) is 0 Å². The van der Waals surface area contributed by atoms with Crippen molar-refractivity contribution in [3.05, 3.63) is 29.3 Å². The molecule has 1 N–H and O–H groups in total. The van der Waals surface area contributed by atoms with Crippen LogP contribution in [0.5, 0.6) is 5.75 Å². The SMILES string of the molecule is COc1ccc(C)cc1C(=O)N(C)CC1CCCN1. The van der Waals surface area contributed by atoms with Crippen LogP contribution in [0.2, 0.25) is 0 Å². The lowest BCUT2D eigenvalue weighted by Gasteiger charge is -2.22. The van der Waals surface area contributed by atoms with Crippen LogP contribution in [0.25, 0.3) is 0 Å². The number of aryl methyl sites for hydroxylation is 1. The van der Waals surface area contributed by atoms with Gasteiger partial charge in [0.2, 0.25) is 0 Å². The second-order valence-electron chi connectivity index (χ2n) is 5.18. The van der Waals surface area contributed by atoms with Gasteiger partial charge < -0.3 is 15.0 Å². The maximum absolute atomic E-state index is 12.5. The molecule has 0 bridgehead atoms. The molecule has 0 aliphatic carbocycles. The lowest BCUT2D eigenvalue weighted by Crippen LogP contribution is -2.38. The van der Waals surface area contributed by atoms with Gasteiger partial charge in [-0.1, -0.05) is 11.6 Å². The van der Waals surface area contributed by atoms with E-state index < -0.39 is 0 Å². The number of likely N-dealkylation sites (N-methyl/N-ethyl adjacent to an activating group) is 1. The Balaban J connectivity index is 2.11. The van der Waals surface area contributed by atoms with Gasteiger partial charge in [-0.25, -0.2) is 0 Å². The third-order valence-electron chi connectivity index (χ3n) is 3.59. The zero-order valence-corrected chi connectivity index (χ0v) is 11.9. The minimum Gasteiger partial charge on any atom is -0.496 e. The van der Waals surface area contributed by atoms with Gasteiger partial charge in [-0.2, -0.15) is 0 Å². The Hall–Kier alpha value is -1.55. The van der Waals surface area contributed by atoms with Gasteiger partial charge in [0, 0.05) is 19.6 Å². The lowest BCUT2D eigenvalue weighted by atomic mass is 10.1. The molecule has 0 spiro atoms. The number of benzene rings is 1. The largest absolute Gasteiger partial charge is 0.496 e. The smallest absolute Gasteiger partial charge is 0.257 e. The first-order valence-electron chi connectivity index (χ1n) is 6.75. The van der Waals surface area contributed by atoms with E-state index in [2.05, 4.69) is 5.32 Å². The monoisotopic (exact) mass is 262 g/mol. The van der Waals surface area contributed by atoms with E-state index in [-0.39, 0.29) is 5.91 Å². The van der Waals surface area contributed by atoms with E-state index in [1.165, 1.54) is 6.42 Å². The Kier molecular flexibility index (Phi) is 4.43. The van der Waals surface area contributed by atoms with Crippen LogP contribution in [0.1, 0.15) is 28.8 Å². The summed E-state index contributed by atoms with van der Waals surface area (Å²) in [7, 11) is 3.45. The van der Waals surface area contributed by atoms with E-state index in [1.807, 2.05) is 32.2 Å². The number of nitrogens with one attached hydrogen (secondary N) is 1. The molecule has 1 aliphatic rings. The molecular formula is C15H22N2O2. The summed E-state index contributed by atoms with van der Waals surface area (Å²) < 4.78 is 5.28. The highest BCUT2D eigenvalue weighted by Crippen LogP contribution is 2.21. The summed E-state index contributed by atoms with van der Waals surface area (Å²) in [5.74, 6) is 0.663. The summed E-state index contributed by atoms with van der Waals surface area (Å²) in [5.41, 5.74) is 1.71. The Bertz CT molecular complexity index is 453. The summed E-state index contributed by atoms with van der Waals surface area (Å²) in [6, 6.07) is 6.11. The standard InChI is InChI=1S/C15H22N2O2/c1-11-6-7-14(19-3)13(9-11)15(18)17(2)10-12-5-4-8-16-12/h6-7,9,12,16H,4-5,8,10H2,1-3H3. The van der Waals surface area contributed by atoms with Crippen molar-refractivity contribution >= 4 is 5.91 Å². The van der Waals surface area contributed by atoms with Gasteiger partial charge in [-0.05, 0) is 38.4 Å². The maximum atomic E-state index is 12.5. The molecule has 1 unspecified atom stereocenters. The van der Waals surface area contributed by atoms with Crippen molar-refractivity contribution in [3.8, 4) is 5.75 Å². The summed E-state index contributed by atoms with van der Waals surface area (Å²) in [4.78, 5) is 14.3. The summed E-state index contributed by atoms with van der Waals surface area (Å²) in [6.45, 7) is 3.78. The highest BCUT2D eigenvalue weighted by molar-refractivity contribution is 5.97. The van der Waals surface area contributed by atoms with Gasteiger partial charge in [0.25, 0.3) is 5.91 Å². The molecule has 1 amide bonds. The number of hydrogen-bond donors (Lipinski definition) is 1. The Morgan fingerprint density at radius 3 is 2.95 bits per heavy atom. The van der Waals surface area contributed by atoms with Crippen molar-refractivity contribution in [2.24, 2.45) is 0 Å². The minimum absolute atomic E-state index is 0.0225. The molecule has 1 saturated heterocycles. The van der Waals surface area contributed by atoms with Gasteiger partial charge >= 0.3 is 0 Å². The van der Waals surface area contributed by atoms with Crippen LogP contribution < -0.4 is 10.1 Å². The summed E-state index contributed by atoms with van der Waals surface area (Å²) in [6.07, 6.45) is 2.34. The van der Waals surface area contributed by atoms with Crippen molar-refractivity contribution in [2.45, 2.75) is 25.8 Å². The molecule has 1 aliphatic heterocycles. The molecule has 0 saturated carbocycles. The number of carbonyl (C=O) groups excluding carboxylic acids is 1. The second kappa shape index (κ2) is 6.06. The molecule has 2 rings (SSSR count). The molecule has 4 nitrogen and oxygen atoms in total. The number of rotatable bonds is 4. The fourth-order valence-electron chi connectivity index (χ4n) is 2.52. The van der Waals surface area contributed by atoms with Crippen LogP contribution in [0, 0.1) is 6.92 Å². The summed E-state index contributed by atoms with van der Waals surface area (Å²) in [5, 5.41) is 3.41. The number of methoxy groups -OCH3 is 1. The zero-order valence-electron chi connectivity index (χ0n) is 11.9. The molecule has 0 radical (unpaired) electrons. The molecule has 1 fully saturated rings. The molecule has 0 aromatic heterocycles. The fourth-order valence-corrected chi connectivity index (χ4v) is 2.52. The second-order valence-corrected chi connectivity index (χ2v) is 5.18. The number of ether oxygens (including phenoxy) is 1. The molecule has 1 aromatic rings. The van der Waals surface area contributed by atoms with Gasteiger partial charge in [-0.15, -0.1) is 0 Å². The van der Waals surface area contributed by atoms with Crippen molar-refractivity contribution in [1.82, 2.24) is 10.2 Å². The normalized spacial score (nSPS) is 18.4. The van der Waals surface area contributed by atoms with E-state index in [0.717, 1.165) is 25.1 Å². The number of amides is 1. The summed E-state index contributed by atoms with van der Waals surface area (Å²) >= 11 is 0. The maximum Gasteiger partial charge on any atom is 0.257 e. The minimum atomic E-state index is 0.0225. The van der Waals surface area contributed by atoms with Crippen molar-refractivity contribution in [2.75, 3.05) is 27.2 Å². The average Bonchev–Trinajstić information content (AvgIpc) is 2.90. The average molecular weight is 262 g/mol. The molecule has 104 valence electrons. The molecule has 1 atom stereocenters. The molecule has 4 heteroatoms. The van der Waals surface area contributed by atoms with Gasteiger partial charge in [-0.3, -0.25) is 4.79 Å². The van der Waals surface area contributed by atoms with Gasteiger partial charge in [0.05, 0.1) is 12.7 Å². The molecule has 1 aromatic carbocycles. The first-order chi connectivity index (χ1) is 9.11. The van der Waals surface area contributed by atoms with Crippen LogP contribution in [0.3, 0.4) is 0 Å². The van der Waals surface area contributed by atoms with Crippen LogP contribution in [0.4, 0.5) is 0 Å². The highest BCUT2D eigenvalue weighted by Gasteiger charge is 2.21. The Morgan fingerprint density at radius 2 is 2.32 bits per heavy atom. The number of carbonyl (C=O) groups is 1. The van der Waals surface area contributed by atoms with Gasteiger partial charge in [0.15, 0.2) is 0 Å². The Morgan fingerprint density at radius 1 is 1.53 bits per heavy atom. The van der Waals surface area contributed by atoms with E-state index >= 15 is 0 Å². The number of nitrogens with zero attached hydrogens (tertiary/aromatic N) is 1. The quantitative estimate of drug-likeness (QED) is 0.900. The van der Waals surface area contributed by atoms with Crippen LogP contribution in [-0.4, -0.2) is 44.1 Å². The van der Waals surface area contributed by atoms with E-state index in [4.69, 9.17) is 4.74 Å². The van der Waals surface area contributed by atoms with Crippen LogP contribution in [0.15, 0.2) is 18.2 Å². The number of hydrogen-bond acceptors (Lipinski definition) is 3. The highest BCUT2D eigenvalue weighted by atomic mass is 16.5. The first-order valence-corrected chi connectivity index (χ1v) is 6.75. The van der Waals surface area contributed by atoms with Crippen molar-refractivity contribution in [3.63, 3.8) is 0 Å². The third kappa shape index (κ3) is 3.26. The molecule has 19 heavy (non-hydrogen) atoms. The first kappa shape index (κ1) is 13.9. The third-order valence-corrected chi connectivity index (χ3v) is 3.59. The van der Waals surface area contributed by atoms with Gasteiger partial charge in [0.1, 0.15) is 5.75 Å². The van der Waals surface area contributed by atoms with E-state index in [9.17, 15) is 4.79 Å². The fraction of sp³-hybridized carbons (Fsp3) is 0.533. The van der Waals surface area contributed by atoms with E-state index in [0.29, 0.717) is 17.4 Å². The van der Waals surface area contributed by atoms with Crippen molar-refractivity contribution < 1.29 is 9.53 Å². The van der Waals surface area contributed by atoms with Crippen LogP contribution in [-0.2, 0) is 0 Å². The Labute approximate surface area is 114 Å². The van der Waals surface area contributed by atoms with Crippen LogP contribution >= 0.6 is 0 Å². The predicted molar refractivity (Wildman–Crippen MR) is 75.7 cm³/mol. The lowest BCUT2D eigenvalue weighted by molar-refractivity contribution is 0.0780.